The molecule has 0 amide bonds. The van der Waals surface area contributed by atoms with Crippen LogP contribution in [-0.2, 0) is 28.8 Å². The second kappa shape index (κ2) is 39.2. The van der Waals surface area contributed by atoms with Crippen LogP contribution in [0, 0.1) is 160 Å². The van der Waals surface area contributed by atoms with Crippen LogP contribution in [0.1, 0.15) is 295 Å². The van der Waals surface area contributed by atoms with Gasteiger partial charge in [-0.15, -0.1) is 23.2 Å². The van der Waals surface area contributed by atoms with Crippen LogP contribution in [0.2, 0.25) is 0 Å². The molecule has 0 spiro atoms. The third kappa shape index (κ3) is 17.7. The molecule has 0 aromatic heterocycles. The number of aliphatic carboxylic acids is 1. The number of hydrogen-bond acceptors (Lipinski definition) is 8. The number of rotatable bonds is 12. The molecule has 130 heavy (non-hydrogen) atoms. The minimum absolute atomic E-state index is 0. The molecular formula is C118H144Cl2NaO9-. The van der Waals surface area contributed by atoms with Crippen LogP contribution in [0.5, 0.6) is 0 Å². The topological polar surface area (TPSA) is 173 Å². The molecule has 24 fully saturated rings. The van der Waals surface area contributed by atoms with E-state index in [1.165, 1.54) is 161 Å². The first-order valence-electron chi connectivity index (χ1n) is 50.6. The zero-order chi connectivity index (χ0) is 87.5. The number of fused-ring (bicyclic) bond motifs is 4. The van der Waals surface area contributed by atoms with E-state index in [1.54, 1.807) is 13.8 Å². The number of carbonyl (C=O) groups excluding carboxylic acids is 5. The molecule has 36 atom stereocenters. The molecule has 0 heterocycles. The maximum absolute atomic E-state index is 12.4. The van der Waals surface area contributed by atoms with E-state index in [4.69, 9.17) is 23.2 Å². The van der Waals surface area contributed by atoms with E-state index in [9.17, 15) is 39.0 Å². The Bertz CT molecular complexity index is 4970. The first-order valence-corrected chi connectivity index (χ1v) is 51.4. The second-order valence-corrected chi connectivity index (χ2v) is 47.1. The van der Waals surface area contributed by atoms with Crippen LogP contribution in [-0.4, -0.2) is 66.9 Å². The fourth-order valence-electron chi connectivity index (χ4n) is 35.3. The summed E-state index contributed by atoms with van der Waals surface area (Å²) < 4.78 is 0. The first kappa shape index (κ1) is 95.6. The minimum atomic E-state index is -0.530. The van der Waals surface area contributed by atoms with Gasteiger partial charge in [-0.25, -0.2) is 0 Å². The molecule has 36 unspecified atom stereocenters. The molecule has 24 aliphatic carbocycles. The molecule has 31 rings (SSSR count). The number of hydrogen-bond donors (Lipinski definition) is 2. The molecule has 0 radical (unpaired) electrons. The smallest absolute Gasteiger partial charge is 0.870 e. The Morgan fingerprint density at radius 2 is 0.731 bits per heavy atom. The van der Waals surface area contributed by atoms with Gasteiger partial charge in [0.25, 0.3) is 0 Å². The first-order chi connectivity index (χ1) is 61.4. The molecule has 24 aliphatic rings. The van der Waals surface area contributed by atoms with Gasteiger partial charge in [0.1, 0.15) is 28.9 Å². The maximum atomic E-state index is 12.4. The van der Waals surface area contributed by atoms with Crippen molar-refractivity contribution in [3.8, 4) is 0 Å². The van der Waals surface area contributed by atoms with E-state index < -0.39 is 11.6 Å². The summed E-state index contributed by atoms with van der Waals surface area (Å²) in [5.41, 5.74) is 9.10. The summed E-state index contributed by atoms with van der Waals surface area (Å²) in [5, 5.41) is 21.1. The Morgan fingerprint density at radius 1 is 0.338 bits per heavy atom. The molecule has 686 valence electrons. The summed E-state index contributed by atoms with van der Waals surface area (Å²) in [5.74, 6) is 19.8. The van der Waals surface area contributed by atoms with Crippen molar-refractivity contribution in [3.63, 3.8) is 0 Å². The predicted octanol–water partition coefficient (Wildman–Crippen LogP) is 24.0. The van der Waals surface area contributed by atoms with Crippen molar-refractivity contribution in [3.05, 3.63) is 259 Å². The van der Waals surface area contributed by atoms with Gasteiger partial charge in [0, 0.05) is 51.2 Å². The number of ketones is 5. The summed E-state index contributed by atoms with van der Waals surface area (Å²) in [7, 11) is 0. The Balaban J connectivity index is 0.000000106. The molecule has 0 saturated heterocycles. The van der Waals surface area contributed by atoms with Gasteiger partial charge >= 0.3 is 35.5 Å². The van der Waals surface area contributed by atoms with Crippen molar-refractivity contribution in [1.29, 1.82) is 0 Å². The molecule has 12 heteroatoms. The number of Topliss-reactive ketones (excluding diaryl/α,β-unsaturated/α-hetero) is 5. The second-order valence-electron chi connectivity index (χ2n) is 45.9. The van der Waals surface area contributed by atoms with Crippen molar-refractivity contribution < 1.29 is 74.0 Å². The molecule has 9 nitrogen and oxygen atoms in total. The van der Waals surface area contributed by atoms with Crippen LogP contribution >= 0.6 is 23.2 Å². The standard InChI is InChI=1S/2C17H21ClO.C17H22O.2C17H20O.C16H18O2.C16H18O.CH3.Na.H2O/c1-11(19)16-9-12-7-14(10-15(18)8-12)17(16)13-5-3-2-4-6-13;1-11(19)14-7-12-8-15(10-14)17(16(18)9-12)13-5-3-2-4-6-13;1-17(18)14-8-11-7-13(10-14)16(15(17)9-11)12-5-3-2-4-6-12;1-11(18)17-10-12-7-14(9-15(17)8-12)16(17)13-5-3-2-4-6-13;1-11(18)17-9-12-7-14(10-17)16(15(17)8-12)13-5-3-2-4-6-13;17-15(18)16-8-10-6-12(9-16)14(13(16)7-10)11-4-2-1-3-5-11;17-16-13-7-10-6-12(9-13)15(14(16)8-10)11-4-2-1-3-5-11;;;/h2*2-6,12,14-17H,7-10H2,1H3;2-6,11,13-16,18H,7-10H2,1H3;2*2-6,12,14-16H,7-10H2,1H3;1-5,10,12-14H,6-9H2,(H,17,18);1-5,10,12-15H,6-9H2;1H3;;1H2/q;;;;;;;-1;+1;/p-1. The summed E-state index contributed by atoms with van der Waals surface area (Å²) >= 11 is 13.1. The summed E-state index contributed by atoms with van der Waals surface area (Å²) in [6, 6.07) is 75.2. The van der Waals surface area contributed by atoms with Gasteiger partial charge in [0.05, 0.1) is 11.0 Å². The number of carboxylic acid groups (broad SMARTS) is 1. The number of aliphatic hydroxyl groups is 1. The number of carbonyl (C=O) groups is 6. The largest absolute Gasteiger partial charge is 1.00 e. The minimum Gasteiger partial charge on any atom is -0.870 e. The summed E-state index contributed by atoms with van der Waals surface area (Å²) in [6.07, 6.45) is 33.4. The summed E-state index contributed by atoms with van der Waals surface area (Å²) in [6.45, 7) is 9.31. The molecule has 7 aromatic carbocycles. The average molecular weight is 1800 g/mol. The van der Waals surface area contributed by atoms with Crippen LogP contribution in [0.3, 0.4) is 0 Å². The van der Waals surface area contributed by atoms with Crippen LogP contribution in [0.15, 0.2) is 212 Å². The molecule has 0 aliphatic heterocycles. The normalized spacial score (nSPS) is 42.0. The van der Waals surface area contributed by atoms with E-state index in [1.807, 2.05) is 26.0 Å². The van der Waals surface area contributed by atoms with E-state index in [-0.39, 0.29) is 75.9 Å². The molecule has 7 aromatic rings. The number of benzene rings is 7. The van der Waals surface area contributed by atoms with Crippen LogP contribution in [0.25, 0.3) is 0 Å². The predicted molar refractivity (Wildman–Crippen MR) is 515 cm³/mol. The molecule has 3 N–H and O–H groups in total. The van der Waals surface area contributed by atoms with Crippen molar-refractivity contribution in [2.75, 3.05) is 0 Å². The van der Waals surface area contributed by atoms with Gasteiger partial charge in [-0.2, -0.15) is 0 Å². The Hall–Kier alpha value is -6.14. The van der Waals surface area contributed by atoms with E-state index in [0.717, 1.165) is 105 Å². The van der Waals surface area contributed by atoms with Crippen molar-refractivity contribution in [1.82, 2.24) is 0 Å². The Morgan fingerprint density at radius 3 is 1.24 bits per heavy atom. The van der Waals surface area contributed by atoms with Gasteiger partial charge in [-0.1, -0.05) is 212 Å². The average Bonchev–Trinajstić information content (AvgIpc) is 1.48. The SMILES string of the molecule is CC(=O)C12CC3CC(C1)C(c1ccccc1)C2C3.CC(=O)C12CC3CC(CC1C3)C2c1ccccc1.CC(=O)C1CC2CC(Cl)C(c3ccccc3)C(C2)C1.CC(=O)C1CC2CC(Cl)CC(C2)C1c1ccccc1.CC1(O)C2CC3CC(C2)C(c2ccccc2)C1C3.O=C(O)C12CC3CC(C1)C(c1ccccc1)C2C3.O=C1C2CC3CC(C2)C(c2ccccc2)C1C3.[CH3-].[Na+].[OH-]. The zero-order valence-electron chi connectivity index (χ0n) is 78.5. The van der Waals surface area contributed by atoms with Crippen molar-refractivity contribution in [2.45, 2.75) is 272 Å². The van der Waals surface area contributed by atoms with Gasteiger partial charge in [-0.05, 0) is 401 Å². The van der Waals surface area contributed by atoms with E-state index >= 15 is 0 Å². The Kier molecular flexibility index (Phi) is 28.8. The van der Waals surface area contributed by atoms with Crippen molar-refractivity contribution >= 4 is 58.1 Å². The van der Waals surface area contributed by atoms with E-state index in [0.29, 0.717) is 153 Å². The third-order valence-corrected chi connectivity index (χ3v) is 40.2. The van der Waals surface area contributed by atoms with Crippen molar-refractivity contribution in [2.24, 2.45) is 152 Å². The number of carboxylic acids is 1. The number of alkyl halides is 2. The molecule has 24 bridgehead atoms. The van der Waals surface area contributed by atoms with E-state index in [2.05, 4.69) is 207 Å². The fraction of sp³-hybridized carbons (Fsp3) is 0.585. The van der Waals surface area contributed by atoms with Gasteiger partial charge in [0.15, 0.2) is 0 Å². The fourth-order valence-corrected chi connectivity index (χ4v) is 36.4. The zero-order valence-corrected chi connectivity index (χ0v) is 82.0. The van der Waals surface area contributed by atoms with Gasteiger partial charge < -0.3 is 23.1 Å². The van der Waals surface area contributed by atoms with Gasteiger partial charge in [-0.3, -0.25) is 28.8 Å². The molecular weight excluding hydrogens is 1660 g/mol. The monoisotopic (exact) mass is 1800 g/mol. The quantitative estimate of drug-likeness (QED) is 0.0686. The van der Waals surface area contributed by atoms with Crippen LogP contribution in [0.4, 0.5) is 0 Å². The Labute approximate surface area is 808 Å². The van der Waals surface area contributed by atoms with Crippen LogP contribution < -0.4 is 29.6 Å². The van der Waals surface area contributed by atoms with Gasteiger partial charge in [0.2, 0.25) is 0 Å². The maximum Gasteiger partial charge on any atom is 1.00 e. The molecule has 24 saturated carbocycles. The number of halogens is 2. The summed E-state index contributed by atoms with van der Waals surface area (Å²) in [4.78, 5) is 72.5. The third-order valence-electron chi connectivity index (χ3n) is 39.4.